The van der Waals surface area contributed by atoms with Gasteiger partial charge in [0, 0.05) is 25.4 Å². The number of rotatable bonds is 13. The lowest BCUT2D eigenvalue weighted by atomic mass is 10.1. The van der Waals surface area contributed by atoms with Crippen LogP contribution in [0.4, 0.5) is 0 Å². The zero-order valence-corrected chi connectivity index (χ0v) is 20.6. The van der Waals surface area contributed by atoms with Gasteiger partial charge < -0.3 is 4.90 Å². The Morgan fingerprint density at radius 3 is 2.25 bits per heavy atom. The number of likely N-dealkylation sites (tertiary alicyclic amines) is 1. The predicted molar refractivity (Wildman–Crippen MR) is 128 cm³/mol. The van der Waals surface area contributed by atoms with Crippen molar-refractivity contribution in [3.63, 3.8) is 0 Å². The monoisotopic (exact) mass is 432 g/mol. The lowest BCUT2D eigenvalue weighted by Gasteiger charge is -2.24. The maximum atomic E-state index is 13.0. The average molecular weight is 433 g/mol. The van der Waals surface area contributed by atoms with E-state index in [1.807, 2.05) is 19.9 Å². The molecule has 166 valence electrons. The van der Waals surface area contributed by atoms with Crippen LogP contribution in [0.3, 0.4) is 0 Å². The molecule has 4 nitrogen and oxygen atoms in total. The van der Waals surface area contributed by atoms with Crippen LogP contribution >= 0.6 is 12.6 Å². The first-order valence-corrected chi connectivity index (χ1v) is 13.2. The van der Waals surface area contributed by atoms with Gasteiger partial charge in [0.15, 0.2) is 0 Å². The topological polar surface area (TPSA) is 40.6 Å². The normalized spacial score (nSPS) is 16.4. The first-order valence-electron chi connectivity index (χ1n) is 11.1. The van der Waals surface area contributed by atoms with E-state index in [4.69, 9.17) is 0 Å². The summed E-state index contributed by atoms with van der Waals surface area (Å²) in [5, 5.41) is 0. The lowest BCUT2D eigenvalue weighted by molar-refractivity contribution is 0.300. The summed E-state index contributed by atoms with van der Waals surface area (Å²) in [6, 6.07) is 0. The van der Waals surface area contributed by atoms with Gasteiger partial charge in [-0.3, -0.25) is 0 Å². The minimum absolute atomic E-state index is 0.433. The van der Waals surface area contributed by atoms with Crippen molar-refractivity contribution in [2.75, 3.05) is 38.5 Å². The molecule has 1 saturated heterocycles. The van der Waals surface area contributed by atoms with Crippen molar-refractivity contribution in [3.05, 3.63) is 22.6 Å². The highest BCUT2D eigenvalue weighted by Crippen LogP contribution is 2.17. The molecule has 1 aliphatic heterocycles. The Labute approximate surface area is 180 Å². The van der Waals surface area contributed by atoms with Gasteiger partial charge in [0.25, 0.3) is 0 Å². The highest BCUT2D eigenvalue weighted by molar-refractivity contribution is 7.93. The van der Waals surface area contributed by atoms with Crippen molar-refractivity contribution in [1.29, 1.82) is 0 Å². The largest absolute Gasteiger partial charge is 0.302 e. The molecule has 0 aromatic heterocycles. The van der Waals surface area contributed by atoms with Gasteiger partial charge in [-0.15, -0.1) is 0 Å². The summed E-state index contributed by atoms with van der Waals surface area (Å²) in [7, 11) is -3.41. The summed E-state index contributed by atoms with van der Waals surface area (Å²) in [5.41, 5.74) is 1.32. The van der Waals surface area contributed by atoms with Crippen LogP contribution in [0, 0.1) is 0 Å². The Bertz CT molecular complexity index is 551. The lowest BCUT2D eigenvalue weighted by Crippen LogP contribution is -2.39. The fraction of sp³-hybridized carbons (Fsp3) is 0.818. The number of unbranched alkanes of at least 4 members (excludes halogenated alkanes) is 2. The van der Waals surface area contributed by atoms with Crippen molar-refractivity contribution in [3.8, 4) is 0 Å². The number of allylic oxidation sites excluding steroid dienone is 4. The summed E-state index contributed by atoms with van der Waals surface area (Å²) < 4.78 is 27.5. The van der Waals surface area contributed by atoms with Crippen LogP contribution in [-0.2, 0) is 10.0 Å². The van der Waals surface area contributed by atoms with Crippen molar-refractivity contribution in [2.45, 2.75) is 79.6 Å². The molecule has 0 spiro atoms. The first-order chi connectivity index (χ1) is 13.5. The third kappa shape index (κ3) is 10.5. The molecule has 0 aromatic rings. The minimum Gasteiger partial charge on any atom is -0.302 e. The standard InChI is InChI=1S/C20H38N2O2S2.C2H6/c1-4-6-7-10-20(5-2)12-11-19(3)26(23,24)22(17-18-25)16-15-21-13-8-9-14-21;1-2/h11-12,25H,4-10,13-18H2,1-3H3;1-2H3/b19-11+,20-12+;. The van der Waals surface area contributed by atoms with Crippen LogP contribution in [0.1, 0.15) is 79.6 Å². The molecule has 0 amide bonds. The molecule has 0 N–H and O–H groups in total. The molecule has 1 aliphatic rings. The number of nitrogens with zero attached hydrogens (tertiary/aromatic N) is 2. The zero-order chi connectivity index (χ0) is 21.4. The van der Waals surface area contributed by atoms with Crippen LogP contribution < -0.4 is 0 Å². The second kappa shape index (κ2) is 16.5. The van der Waals surface area contributed by atoms with Crippen molar-refractivity contribution in [1.82, 2.24) is 9.21 Å². The van der Waals surface area contributed by atoms with Crippen molar-refractivity contribution in [2.24, 2.45) is 0 Å². The van der Waals surface area contributed by atoms with E-state index in [0.29, 0.717) is 23.7 Å². The van der Waals surface area contributed by atoms with E-state index in [2.05, 4.69) is 31.4 Å². The van der Waals surface area contributed by atoms with Gasteiger partial charge in [-0.1, -0.05) is 52.2 Å². The SMILES string of the molecule is CC.CCCCC/C(=C/C=C(\C)S(=O)(=O)N(CCS)CCN1CCCC1)CC. The summed E-state index contributed by atoms with van der Waals surface area (Å²) in [4.78, 5) is 2.78. The van der Waals surface area contributed by atoms with Gasteiger partial charge in [-0.25, -0.2) is 8.42 Å². The van der Waals surface area contributed by atoms with E-state index in [1.165, 1.54) is 37.7 Å². The summed E-state index contributed by atoms with van der Waals surface area (Å²) in [6.07, 6.45) is 11.9. The van der Waals surface area contributed by atoms with E-state index in [1.54, 1.807) is 17.3 Å². The van der Waals surface area contributed by atoms with E-state index in [9.17, 15) is 8.42 Å². The molecule has 0 atom stereocenters. The van der Waals surface area contributed by atoms with E-state index >= 15 is 0 Å². The Morgan fingerprint density at radius 1 is 1.07 bits per heavy atom. The number of hydrogen-bond donors (Lipinski definition) is 1. The summed E-state index contributed by atoms with van der Waals surface area (Å²) in [5.74, 6) is 0.541. The maximum absolute atomic E-state index is 13.0. The van der Waals surface area contributed by atoms with Crippen LogP contribution in [-0.4, -0.2) is 56.1 Å². The second-order valence-corrected chi connectivity index (χ2v) is 9.65. The smallest absolute Gasteiger partial charge is 0.239 e. The Morgan fingerprint density at radius 2 is 1.71 bits per heavy atom. The molecule has 1 fully saturated rings. The van der Waals surface area contributed by atoms with Crippen LogP contribution in [0.25, 0.3) is 0 Å². The molecule has 1 rings (SSSR count). The van der Waals surface area contributed by atoms with Crippen LogP contribution in [0.5, 0.6) is 0 Å². The highest BCUT2D eigenvalue weighted by Gasteiger charge is 2.24. The Balaban J connectivity index is 0.00000352. The summed E-state index contributed by atoms with van der Waals surface area (Å²) >= 11 is 4.26. The first kappa shape index (κ1) is 27.7. The van der Waals surface area contributed by atoms with E-state index in [-0.39, 0.29) is 0 Å². The van der Waals surface area contributed by atoms with Crippen molar-refractivity contribution >= 4 is 22.7 Å². The second-order valence-electron chi connectivity index (χ2n) is 7.09. The maximum Gasteiger partial charge on any atom is 0.239 e. The van der Waals surface area contributed by atoms with Gasteiger partial charge in [0.1, 0.15) is 0 Å². The molecule has 0 aromatic carbocycles. The highest BCUT2D eigenvalue weighted by atomic mass is 32.2. The molecule has 0 aliphatic carbocycles. The quantitative estimate of drug-likeness (QED) is 0.238. The van der Waals surface area contributed by atoms with E-state index in [0.717, 1.165) is 32.5 Å². The minimum atomic E-state index is -3.41. The van der Waals surface area contributed by atoms with Crippen LogP contribution in [0.15, 0.2) is 22.6 Å². The fourth-order valence-corrected chi connectivity index (χ4v) is 4.91. The van der Waals surface area contributed by atoms with Crippen LogP contribution in [0.2, 0.25) is 0 Å². The van der Waals surface area contributed by atoms with Gasteiger partial charge in [0.2, 0.25) is 10.0 Å². The number of sulfonamides is 1. The van der Waals surface area contributed by atoms with Crippen molar-refractivity contribution < 1.29 is 8.42 Å². The fourth-order valence-electron chi connectivity index (χ4n) is 3.23. The van der Waals surface area contributed by atoms with E-state index < -0.39 is 10.0 Å². The third-order valence-electron chi connectivity index (χ3n) is 5.07. The predicted octanol–water partition coefficient (Wildman–Crippen LogP) is 5.49. The zero-order valence-electron chi connectivity index (χ0n) is 18.9. The molecule has 0 bridgehead atoms. The third-order valence-corrected chi connectivity index (χ3v) is 7.26. The Kier molecular flexibility index (Phi) is 16.3. The molecule has 1 heterocycles. The molecule has 0 radical (unpaired) electrons. The molecule has 28 heavy (non-hydrogen) atoms. The van der Waals surface area contributed by atoms with Gasteiger partial charge >= 0.3 is 0 Å². The number of hydrogen-bond acceptors (Lipinski definition) is 4. The molecule has 0 unspecified atom stereocenters. The molecular formula is C22H44N2O2S2. The van der Waals surface area contributed by atoms with Gasteiger partial charge in [-0.2, -0.15) is 16.9 Å². The average Bonchev–Trinajstić information content (AvgIpc) is 3.22. The number of thiol groups is 1. The molecular weight excluding hydrogens is 388 g/mol. The Hall–Kier alpha value is -0.300. The van der Waals surface area contributed by atoms with Gasteiger partial charge in [0.05, 0.1) is 4.91 Å². The summed E-state index contributed by atoms with van der Waals surface area (Å²) in [6.45, 7) is 14.1. The molecule has 0 saturated carbocycles. The van der Waals surface area contributed by atoms with Gasteiger partial charge in [-0.05, 0) is 58.2 Å². The molecule has 6 heteroatoms.